The van der Waals surface area contributed by atoms with Gasteiger partial charge >= 0.3 is 19.5 Å². The first-order chi connectivity index (χ1) is 1.00. The molecule has 0 unspecified atom stereocenters. The Morgan fingerprint density at radius 2 is 1.00 bits per heavy atom. The molecule has 0 aromatic heterocycles. The summed E-state index contributed by atoms with van der Waals surface area (Å²) in [5.41, 5.74) is 0. The van der Waals surface area contributed by atoms with Crippen molar-refractivity contribution in [2.45, 2.75) is 0 Å². The molecule has 0 amide bonds. The summed E-state index contributed by atoms with van der Waals surface area (Å²) in [6.45, 7) is 0. The van der Waals surface area contributed by atoms with Crippen LogP contribution < -0.4 is 0 Å². The number of rotatable bonds is 0. The van der Waals surface area contributed by atoms with Gasteiger partial charge in [-0.25, -0.2) is 0 Å². The van der Waals surface area contributed by atoms with Gasteiger partial charge < -0.3 is 11.0 Å². The Labute approximate surface area is 31.4 Å². The first-order valence-corrected chi connectivity index (χ1v) is 0.561. The minimum atomic E-state index is 0. The molecule has 0 spiro atoms. The molecule has 0 aliphatic heterocycles. The summed E-state index contributed by atoms with van der Waals surface area (Å²) in [7, 11) is 0. The fourth-order valence-electron chi connectivity index (χ4n) is 0. The van der Waals surface area contributed by atoms with Crippen LogP contribution in [0.3, 0.4) is 0 Å². The normalized spacial score (nSPS) is 1.25. The topological polar surface area (TPSA) is 80.1 Å². The standard InChI is InChI=1S/Co.2H2O.O/h;2*1H2;. The van der Waals surface area contributed by atoms with Crippen molar-refractivity contribution in [1.82, 2.24) is 0 Å². The van der Waals surface area contributed by atoms with Crippen molar-refractivity contribution >= 4 is 0 Å². The summed E-state index contributed by atoms with van der Waals surface area (Å²) in [5, 5.41) is 0. The second kappa shape index (κ2) is 312. The summed E-state index contributed by atoms with van der Waals surface area (Å²) in [4.78, 5) is 0. The van der Waals surface area contributed by atoms with Gasteiger partial charge in [0.25, 0.3) is 0 Å². The van der Waals surface area contributed by atoms with Gasteiger partial charge in [-0.05, 0) is 0 Å². The van der Waals surface area contributed by atoms with Crippen molar-refractivity contribution in [3.05, 3.63) is 0 Å². The van der Waals surface area contributed by atoms with E-state index in [1.807, 2.05) is 0 Å². The van der Waals surface area contributed by atoms with Gasteiger partial charge in [0.05, 0.1) is 0 Å². The van der Waals surface area contributed by atoms with Crippen molar-refractivity contribution in [3.63, 3.8) is 0 Å². The van der Waals surface area contributed by atoms with Gasteiger partial charge in [0.2, 0.25) is 0 Å². The van der Waals surface area contributed by atoms with E-state index in [0.29, 0.717) is 0 Å². The van der Waals surface area contributed by atoms with E-state index in [0.717, 1.165) is 0 Å². The second-order valence-corrected chi connectivity index (χ2v) is 0. The molecule has 0 fully saturated rings. The monoisotopic (exact) mass is 111 g/mol. The Hall–Kier alpha value is 0.226. The Balaban J connectivity index is -0.00000000500. The van der Waals surface area contributed by atoms with Crippen LogP contribution in [0.15, 0.2) is 0 Å². The molecule has 0 aliphatic rings. The van der Waals surface area contributed by atoms with Crippen LogP contribution in [0.5, 0.6) is 0 Å². The molecule has 0 atom stereocenters. The molecule has 3 nitrogen and oxygen atoms in total. The quantitative estimate of drug-likeness (QED) is 0.364. The predicted octanol–water partition coefficient (Wildman–Crippen LogP) is -1.77. The predicted molar refractivity (Wildman–Crippen MR) is 7.91 cm³/mol. The molecule has 4 N–H and O–H groups in total. The molecule has 31 valence electrons. The molecule has 0 heterocycles. The van der Waals surface area contributed by atoms with Crippen LogP contribution in [0.2, 0.25) is 0 Å². The third-order valence-electron chi connectivity index (χ3n) is 0. The van der Waals surface area contributed by atoms with Crippen molar-refractivity contribution < 1.29 is 30.5 Å². The molecule has 0 saturated carbocycles. The van der Waals surface area contributed by atoms with Crippen LogP contribution in [-0.4, -0.2) is 11.0 Å². The first kappa shape index (κ1) is 29.2. The van der Waals surface area contributed by atoms with E-state index in [4.69, 9.17) is 3.87 Å². The summed E-state index contributed by atoms with van der Waals surface area (Å²) in [6, 6.07) is 0. The van der Waals surface area contributed by atoms with Crippen LogP contribution in [-0.2, 0) is 19.5 Å². The summed E-state index contributed by atoms with van der Waals surface area (Å²) in [6.07, 6.45) is 0. The maximum absolute atomic E-state index is 7.94. The van der Waals surface area contributed by atoms with E-state index in [2.05, 4.69) is 15.7 Å². The van der Waals surface area contributed by atoms with E-state index < -0.39 is 0 Å². The molecule has 0 bridgehead atoms. The van der Waals surface area contributed by atoms with E-state index in [-0.39, 0.29) is 11.0 Å². The van der Waals surface area contributed by atoms with Crippen molar-refractivity contribution in [2.24, 2.45) is 0 Å². The molecular weight excluding hydrogens is 107 g/mol. The van der Waals surface area contributed by atoms with Crippen molar-refractivity contribution in [2.75, 3.05) is 0 Å². The Kier molecular flexibility index (Phi) is 2280. The fourth-order valence-corrected chi connectivity index (χ4v) is 0. The zero-order valence-electron chi connectivity index (χ0n) is 1.74. The molecule has 0 aromatic carbocycles. The van der Waals surface area contributed by atoms with Gasteiger partial charge in [-0.2, -0.15) is 0 Å². The average Bonchev–Trinajstić information content (AvgIpc) is 1.00. The minimum absolute atomic E-state index is 0. The summed E-state index contributed by atoms with van der Waals surface area (Å²) in [5.74, 6) is 0. The van der Waals surface area contributed by atoms with E-state index in [1.165, 1.54) is 0 Å². The number of hydrogen-bond acceptors (Lipinski definition) is 1. The van der Waals surface area contributed by atoms with E-state index in [1.54, 1.807) is 0 Å². The van der Waals surface area contributed by atoms with Crippen LogP contribution >= 0.6 is 0 Å². The Bertz CT molecular complexity index is 3.25. The van der Waals surface area contributed by atoms with Crippen molar-refractivity contribution in [3.8, 4) is 0 Å². The molecule has 4 heavy (non-hydrogen) atoms. The molecule has 0 radical (unpaired) electrons. The molecule has 0 rings (SSSR count). The molecule has 0 saturated heterocycles. The van der Waals surface area contributed by atoms with Crippen molar-refractivity contribution in [1.29, 1.82) is 0 Å². The first-order valence-electron chi connectivity index (χ1n) is 0.136. The number of hydrogen-bond donors (Lipinski definition) is 0. The molecule has 0 aliphatic carbocycles. The zero-order chi connectivity index (χ0) is 2.00. The van der Waals surface area contributed by atoms with Gasteiger partial charge in [-0.3, -0.25) is 0 Å². The second-order valence-electron chi connectivity index (χ2n) is 0. The third kappa shape index (κ3) is 65.3. The summed E-state index contributed by atoms with van der Waals surface area (Å²) < 4.78 is 7.94. The average molecular weight is 111 g/mol. The third-order valence-corrected chi connectivity index (χ3v) is 0. The van der Waals surface area contributed by atoms with Gasteiger partial charge in [0.15, 0.2) is 0 Å². The maximum atomic E-state index is 7.94. The van der Waals surface area contributed by atoms with Crippen LogP contribution in [0.25, 0.3) is 0 Å². The van der Waals surface area contributed by atoms with Crippen LogP contribution in [0.4, 0.5) is 0 Å². The summed E-state index contributed by atoms with van der Waals surface area (Å²) >= 11 is 2.31. The van der Waals surface area contributed by atoms with Gasteiger partial charge in [0.1, 0.15) is 0 Å². The Morgan fingerprint density at radius 1 is 1.00 bits per heavy atom. The van der Waals surface area contributed by atoms with E-state index in [9.17, 15) is 0 Å². The van der Waals surface area contributed by atoms with Crippen LogP contribution in [0, 0.1) is 0 Å². The zero-order valence-corrected chi connectivity index (χ0v) is 2.78. The Morgan fingerprint density at radius 3 is 1.00 bits per heavy atom. The SMILES string of the molecule is O.O.[O]=[Co]. The van der Waals surface area contributed by atoms with Crippen LogP contribution in [0.1, 0.15) is 0 Å². The molecule has 4 heteroatoms. The van der Waals surface area contributed by atoms with Gasteiger partial charge in [-0.15, -0.1) is 0 Å². The van der Waals surface area contributed by atoms with Gasteiger partial charge in [-0.1, -0.05) is 0 Å². The van der Waals surface area contributed by atoms with E-state index >= 15 is 0 Å². The molecule has 0 aromatic rings. The molecular formula is H4CoO3. The van der Waals surface area contributed by atoms with Gasteiger partial charge in [0, 0.05) is 0 Å². The fraction of sp³-hybridized carbons (Fsp3) is 0.